The van der Waals surface area contributed by atoms with Gasteiger partial charge >= 0.3 is 0 Å². The normalized spacial score (nSPS) is 10.9. The van der Waals surface area contributed by atoms with Crippen LogP contribution in [0.4, 0.5) is 0 Å². The molecule has 0 spiro atoms. The standard InChI is InChI=1S/C23H21Cl3N2O3/c1-29-22-7-4-15(10-23(22)30-2)12-27-28-13-17-11-18(24)5-8-21(17)31-14-16-3-6-19(25)20(26)9-16/h3-11,13,27H,12,14H2,1-2H3/b28-13+. The number of halogens is 3. The van der Waals surface area contributed by atoms with Gasteiger partial charge in [0, 0.05) is 10.6 Å². The van der Waals surface area contributed by atoms with Gasteiger partial charge in [-0.3, -0.25) is 0 Å². The Morgan fingerprint density at radius 2 is 1.55 bits per heavy atom. The number of hydrogen-bond donors (Lipinski definition) is 1. The van der Waals surface area contributed by atoms with Gasteiger partial charge in [-0.1, -0.05) is 46.9 Å². The van der Waals surface area contributed by atoms with Gasteiger partial charge in [0.25, 0.3) is 0 Å². The van der Waals surface area contributed by atoms with E-state index in [9.17, 15) is 0 Å². The van der Waals surface area contributed by atoms with Crippen molar-refractivity contribution in [2.24, 2.45) is 5.10 Å². The summed E-state index contributed by atoms with van der Waals surface area (Å²) < 4.78 is 16.5. The molecule has 0 radical (unpaired) electrons. The van der Waals surface area contributed by atoms with E-state index in [4.69, 9.17) is 49.0 Å². The summed E-state index contributed by atoms with van der Waals surface area (Å²) in [5, 5.41) is 5.87. The predicted molar refractivity (Wildman–Crippen MR) is 126 cm³/mol. The Bertz CT molecular complexity index is 1070. The van der Waals surface area contributed by atoms with Crippen molar-refractivity contribution in [1.82, 2.24) is 5.43 Å². The molecule has 0 aliphatic heterocycles. The summed E-state index contributed by atoms with van der Waals surface area (Å²) in [4.78, 5) is 0. The number of ether oxygens (including phenoxy) is 3. The molecule has 0 aromatic heterocycles. The number of benzene rings is 3. The molecule has 5 nitrogen and oxygen atoms in total. The monoisotopic (exact) mass is 478 g/mol. The molecule has 0 atom stereocenters. The Morgan fingerprint density at radius 1 is 0.806 bits per heavy atom. The van der Waals surface area contributed by atoms with Gasteiger partial charge in [0.15, 0.2) is 11.5 Å². The fraction of sp³-hybridized carbons (Fsp3) is 0.174. The molecule has 0 aliphatic carbocycles. The van der Waals surface area contributed by atoms with Gasteiger partial charge in [0.1, 0.15) is 12.4 Å². The lowest BCUT2D eigenvalue weighted by atomic mass is 10.2. The van der Waals surface area contributed by atoms with Crippen LogP contribution in [0.3, 0.4) is 0 Å². The van der Waals surface area contributed by atoms with Crippen molar-refractivity contribution in [3.05, 3.63) is 86.4 Å². The van der Waals surface area contributed by atoms with Crippen molar-refractivity contribution in [2.45, 2.75) is 13.2 Å². The van der Waals surface area contributed by atoms with Crippen molar-refractivity contribution in [3.63, 3.8) is 0 Å². The van der Waals surface area contributed by atoms with Crippen LogP contribution in [-0.2, 0) is 13.2 Å². The van der Waals surface area contributed by atoms with Crippen molar-refractivity contribution in [1.29, 1.82) is 0 Å². The van der Waals surface area contributed by atoms with Gasteiger partial charge in [-0.2, -0.15) is 5.10 Å². The zero-order valence-corrected chi connectivity index (χ0v) is 19.3. The Morgan fingerprint density at radius 3 is 2.29 bits per heavy atom. The highest BCUT2D eigenvalue weighted by atomic mass is 35.5. The molecular formula is C23H21Cl3N2O3. The van der Waals surface area contributed by atoms with E-state index in [1.54, 1.807) is 50.8 Å². The van der Waals surface area contributed by atoms with E-state index < -0.39 is 0 Å². The van der Waals surface area contributed by atoms with Crippen LogP contribution < -0.4 is 19.6 Å². The minimum absolute atomic E-state index is 0.332. The first kappa shape index (κ1) is 23.1. The average Bonchev–Trinajstić information content (AvgIpc) is 2.78. The smallest absolute Gasteiger partial charge is 0.161 e. The topological polar surface area (TPSA) is 52.1 Å². The molecular weight excluding hydrogens is 459 g/mol. The van der Waals surface area contributed by atoms with Crippen molar-refractivity contribution in [2.75, 3.05) is 14.2 Å². The van der Waals surface area contributed by atoms with Gasteiger partial charge in [-0.25, -0.2) is 0 Å². The summed E-state index contributed by atoms with van der Waals surface area (Å²) in [6.07, 6.45) is 1.66. The second kappa shape index (κ2) is 11.1. The SMILES string of the molecule is COc1ccc(CN/N=C/c2cc(Cl)ccc2OCc2ccc(Cl)c(Cl)c2)cc1OC. The Hall–Kier alpha value is -2.60. The van der Waals surface area contributed by atoms with Crippen molar-refractivity contribution >= 4 is 41.0 Å². The minimum Gasteiger partial charge on any atom is -0.493 e. The van der Waals surface area contributed by atoms with Crippen LogP contribution in [0.15, 0.2) is 59.7 Å². The van der Waals surface area contributed by atoms with Crippen LogP contribution in [-0.4, -0.2) is 20.4 Å². The molecule has 0 bridgehead atoms. The highest BCUT2D eigenvalue weighted by Crippen LogP contribution is 2.28. The van der Waals surface area contributed by atoms with E-state index in [0.717, 1.165) is 16.7 Å². The molecule has 31 heavy (non-hydrogen) atoms. The second-order valence-corrected chi connectivity index (χ2v) is 7.75. The summed E-state index contributed by atoms with van der Waals surface area (Å²) in [5.41, 5.74) is 5.66. The number of hydrogen-bond acceptors (Lipinski definition) is 5. The molecule has 0 amide bonds. The zero-order valence-electron chi connectivity index (χ0n) is 17.0. The summed E-state index contributed by atoms with van der Waals surface area (Å²) in [7, 11) is 3.21. The number of hydrazone groups is 1. The van der Waals surface area contributed by atoms with E-state index in [2.05, 4.69) is 10.5 Å². The van der Waals surface area contributed by atoms with E-state index in [1.807, 2.05) is 24.3 Å². The number of rotatable bonds is 9. The van der Waals surface area contributed by atoms with Gasteiger partial charge in [0.05, 0.1) is 37.0 Å². The Labute approximate surface area is 196 Å². The fourth-order valence-corrected chi connectivity index (χ4v) is 3.29. The molecule has 0 saturated heterocycles. The zero-order chi connectivity index (χ0) is 22.2. The Kier molecular flexibility index (Phi) is 8.29. The third-order valence-corrected chi connectivity index (χ3v) is 5.35. The first-order valence-corrected chi connectivity index (χ1v) is 10.5. The van der Waals surface area contributed by atoms with Gasteiger partial charge in [-0.15, -0.1) is 0 Å². The molecule has 0 saturated carbocycles. The van der Waals surface area contributed by atoms with E-state index in [-0.39, 0.29) is 0 Å². The fourth-order valence-electron chi connectivity index (χ4n) is 2.78. The van der Waals surface area contributed by atoms with Crippen molar-refractivity contribution < 1.29 is 14.2 Å². The molecule has 8 heteroatoms. The maximum atomic E-state index is 6.15. The maximum absolute atomic E-state index is 6.15. The number of nitrogens with zero attached hydrogens (tertiary/aromatic N) is 1. The molecule has 3 aromatic carbocycles. The number of methoxy groups -OCH3 is 2. The lowest BCUT2D eigenvalue weighted by Crippen LogP contribution is -2.06. The van der Waals surface area contributed by atoms with Gasteiger partial charge < -0.3 is 19.6 Å². The largest absolute Gasteiger partial charge is 0.493 e. The van der Waals surface area contributed by atoms with Crippen LogP contribution in [0, 0.1) is 0 Å². The molecule has 0 fully saturated rings. The van der Waals surface area contributed by atoms with Crippen LogP contribution in [0.25, 0.3) is 0 Å². The first-order valence-electron chi connectivity index (χ1n) is 9.33. The molecule has 0 aliphatic rings. The molecule has 0 unspecified atom stereocenters. The lowest BCUT2D eigenvalue weighted by molar-refractivity contribution is 0.306. The molecule has 0 heterocycles. The van der Waals surface area contributed by atoms with Crippen LogP contribution in [0.5, 0.6) is 17.2 Å². The quantitative estimate of drug-likeness (QED) is 0.286. The minimum atomic E-state index is 0.332. The van der Waals surface area contributed by atoms with E-state index in [1.165, 1.54) is 0 Å². The van der Waals surface area contributed by atoms with E-state index >= 15 is 0 Å². The van der Waals surface area contributed by atoms with Crippen LogP contribution in [0.2, 0.25) is 15.1 Å². The average molecular weight is 480 g/mol. The summed E-state index contributed by atoms with van der Waals surface area (Å²) in [5.74, 6) is 1.99. The molecule has 3 rings (SSSR count). The Balaban J connectivity index is 1.64. The van der Waals surface area contributed by atoms with Gasteiger partial charge in [0.2, 0.25) is 0 Å². The highest BCUT2D eigenvalue weighted by molar-refractivity contribution is 6.42. The molecule has 1 N–H and O–H groups in total. The lowest BCUT2D eigenvalue weighted by Gasteiger charge is -2.11. The number of nitrogens with one attached hydrogen (secondary N) is 1. The third-order valence-electron chi connectivity index (χ3n) is 4.38. The van der Waals surface area contributed by atoms with Gasteiger partial charge in [-0.05, 0) is 53.6 Å². The highest BCUT2D eigenvalue weighted by Gasteiger charge is 2.06. The van der Waals surface area contributed by atoms with Crippen LogP contribution in [0.1, 0.15) is 16.7 Å². The van der Waals surface area contributed by atoms with E-state index in [0.29, 0.717) is 45.5 Å². The third kappa shape index (κ3) is 6.44. The van der Waals surface area contributed by atoms with Crippen LogP contribution >= 0.6 is 34.8 Å². The predicted octanol–water partition coefficient (Wildman–Crippen LogP) is 6.37. The molecule has 3 aromatic rings. The summed E-state index contributed by atoms with van der Waals surface area (Å²) >= 11 is 18.2. The maximum Gasteiger partial charge on any atom is 0.161 e. The summed E-state index contributed by atoms with van der Waals surface area (Å²) in [6.45, 7) is 0.843. The second-order valence-electron chi connectivity index (χ2n) is 6.50. The summed E-state index contributed by atoms with van der Waals surface area (Å²) in [6, 6.07) is 16.4. The molecule has 162 valence electrons. The van der Waals surface area contributed by atoms with Crippen molar-refractivity contribution in [3.8, 4) is 17.2 Å². The first-order chi connectivity index (χ1) is 15.0.